The highest BCUT2D eigenvalue weighted by Crippen LogP contribution is 2.20. The molecule has 0 aliphatic carbocycles. The van der Waals surface area contributed by atoms with Crippen LogP contribution in [-0.4, -0.2) is 19.9 Å². The molecule has 0 unspecified atom stereocenters. The molecule has 0 amide bonds. The molecular formula is C16H12Br2N4. The van der Waals surface area contributed by atoms with E-state index in [1.54, 1.807) is 12.4 Å². The van der Waals surface area contributed by atoms with Crippen LogP contribution in [0.4, 0.5) is 0 Å². The van der Waals surface area contributed by atoms with Crippen LogP contribution in [0.25, 0.3) is 22.8 Å². The van der Waals surface area contributed by atoms with Crippen molar-refractivity contribution < 1.29 is 0 Å². The average Bonchev–Trinajstić information content (AvgIpc) is 2.62. The third kappa shape index (κ3) is 3.39. The number of pyridine rings is 2. The van der Waals surface area contributed by atoms with Gasteiger partial charge in [0.15, 0.2) is 0 Å². The van der Waals surface area contributed by atoms with Gasteiger partial charge in [0.05, 0.1) is 35.2 Å². The van der Waals surface area contributed by atoms with Gasteiger partial charge in [-0.15, -0.1) is 0 Å². The van der Waals surface area contributed by atoms with E-state index in [9.17, 15) is 0 Å². The minimum absolute atomic E-state index is 0.711. The molecule has 0 saturated heterocycles. The summed E-state index contributed by atoms with van der Waals surface area (Å²) in [6, 6.07) is 11.7. The first-order valence-corrected chi connectivity index (χ1v) is 8.91. The van der Waals surface area contributed by atoms with Crippen molar-refractivity contribution in [2.24, 2.45) is 0 Å². The van der Waals surface area contributed by atoms with Gasteiger partial charge in [0, 0.05) is 10.7 Å². The second kappa shape index (κ2) is 7.07. The van der Waals surface area contributed by atoms with E-state index in [4.69, 9.17) is 0 Å². The van der Waals surface area contributed by atoms with Crippen LogP contribution in [0.15, 0.2) is 48.8 Å². The molecule has 4 nitrogen and oxygen atoms in total. The third-order valence-electron chi connectivity index (χ3n) is 3.05. The number of halogens is 2. The summed E-state index contributed by atoms with van der Waals surface area (Å²) >= 11 is 6.84. The lowest BCUT2D eigenvalue weighted by atomic mass is 10.2. The van der Waals surface area contributed by atoms with Gasteiger partial charge in [-0.25, -0.2) is 4.98 Å². The second-order valence-corrected chi connectivity index (χ2v) is 5.71. The van der Waals surface area contributed by atoms with Gasteiger partial charge < -0.3 is 0 Å². The normalized spacial score (nSPS) is 10.6. The Morgan fingerprint density at radius 1 is 0.636 bits per heavy atom. The number of hydrogen-bond donors (Lipinski definition) is 0. The summed E-state index contributed by atoms with van der Waals surface area (Å²) in [6.45, 7) is 0. The van der Waals surface area contributed by atoms with E-state index in [0.29, 0.717) is 10.7 Å². The monoisotopic (exact) mass is 418 g/mol. The number of hydrogen-bond acceptors (Lipinski definition) is 4. The van der Waals surface area contributed by atoms with Crippen molar-refractivity contribution in [3.63, 3.8) is 0 Å². The summed E-state index contributed by atoms with van der Waals surface area (Å²) in [7, 11) is 0. The lowest BCUT2D eigenvalue weighted by Crippen LogP contribution is -1.96. The minimum Gasteiger partial charge on any atom is -0.260 e. The van der Waals surface area contributed by atoms with Crippen LogP contribution in [0, 0.1) is 0 Å². The molecule has 0 bridgehead atoms. The van der Waals surface area contributed by atoms with Crippen LogP contribution < -0.4 is 0 Å². The van der Waals surface area contributed by atoms with Crippen LogP contribution in [0.2, 0.25) is 0 Å². The zero-order chi connectivity index (χ0) is 15.4. The zero-order valence-corrected chi connectivity index (χ0v) is 14.7. The molecule has 22 heavy (non-hydrogen) atoms. The molecule has 0 radical (unpaired) electrons. The third-order valence-corrected chi connectivity index (χ3v) is 4.20. The van der Waals surface area contributed by atoms with Gasteiger partial charge in [0.2, 0.25) is 0 Å². The Hall–Kier alpha value is -1.66. The Bertz CT molecular complexity index is 730. The van der Waals surface area contributed by atoms with Gasteiger partial charge in [-0.1, -0.05) is 44.0 Å². The lowest BCUT2D eigenvalue weighted by molar-refractivity contribution is 1.12. The van der Waals surface area contributed by atoms with E-state index in [0.717, 1.165) is 34.2 Å². The Balaban J connectivity index is 2.01. The Kier molecular flexibility index (Phi) is 4.90. The predicted molar refractivity (Wildman–Crippen MR) is 93.8 cm³/mol. The fraction of sp³-hybridized carbons (Fsp3) is 0.125. The lowest BCUT2D eigenvalue weighted by Gasteiger charge is -2.05. The van der Waals surface area contributed by atoms with Crippen LogP contribution in [0.5, 0.6) is 0 Å². The van der Waals surface area contributed by atoms with E-state index in [1.807, 2.05) is 36.4 Å². The molecule has 110 valence electrons. The largest absolute Gasteiger partial charge is 0.260 e. The predicted octanol–water partition coefficient (Wildman–Crippen LogP) is 4.39. The van der Waals surface area contributed by atoms with Crippen molar-refractivity contribution in [1.29, 1.82) is 0 Å². The molecular weight excluding hydrogens is 408 g/mol. The first-order chi connectivity index (χ1) is 10.8. The van der Waals surface area contributed by atoms with Crippen molar-refractivity contribution in [3.05, 3.63) is 60.2 Å². The fourth-order valence-electron chi connectivity index (χ4n) is 2.01. The summed E-state index contributed by atoms with van der Waals surface area (Å²) in [4.78, 5) is 18.0. The summed E-state index contributed by atoms with van der Waals surface area (Å²) < 4.78 is 0. The van der Waals surface area contributed by atoms with E-state index >= 15 is 0 Å². The fourth-order valence-corrected chi connectivity index (χ4v) is 2.63. The number of rotatable bonds is 4. The van der Waals surface area contributed by atoms with Gasteiger partial charge >= 0.3 is 0 Å². The van der Waals surface area contributed by atoms with Gasteiger partial charge in [0.25, 0.3) is 0 Å². The summed E-state index contributed by atoms with van der Waals surface area (Å²) in [5, 5.41) is 1.42. The second-order valence-electron chi connectivity index (χ2n) is 4.59. The average molecular weight is 420 g/mol. The molecule has 0 fully saturated rings. The van der Waals surface area contributed by atoms with Gasteiger partial charge in [-0.05, 0) is 24.3 Å². The molecule has 3 aromatic heterocycles. The topological polar surface area (TPSA) is 51.6 Å². The number of alkyl halides is 2. The molecule has 0 atom stereocenters. The molecule has 3 heterocycles. The molecule has 0 aliphatic heterocycles. The van der Waals surface area contributed by atoms with Gasteiger partial charge in [0.1, 0.15) is 11.4 Å². The van der Waals surface area contributed by atoms with Crippen molar-refractivity contribution in [2.45, 2.75) is 10.7 Å². The van der Waals surface area contributed by atoms with Crippen LogP contribution in [-0.2, 0) is 10.7 Å². The first kappa shape index (κ1) is 15.2. The van der Waals surface area contributed by atoms with Crippen molar-refractivity contribution >= 4 is 31.9 Å². The molecule has 0 aromatic carbocycles. The van der Waals surface area contributed by atoms with E-state index in [-0.39, 0.29) is 0 Å². The molecule has 0 N–H and O–H groups in total. The highest BCUT2D eigenvalue weighted by atomic mass is 79.9. The highest BCUT2D eigenvalue weighted by Gasteiger charge is 2.07. The summed E-state index contributed by atoms with van der Waals surface area (Å²) in [6.07, 6.45) is 3.44. The maximum atomic E-state index is 4.65. The maximum absolute atomic E-state index is 4.65. The van der Waals surface area contributed by atoms with E-state index in [1.165, 1.54) is 0 Å². The standard InChI is InChI=1S/C16H12Br2N4/c17-7-11-3-1-5-13(20-11)15-9-19-10-16(22-15)14-6-2-4-12(8-18)21-14/h1-6,9-10H,7-8H2. The van der Waals surface area contributed by atoms with E-state index < -0.39 is 0 Å². The van der Waals surface area contributed by atoms with E-state index in [2.05, 4.69) is 51.8 Å². The Morgan fingerprint density at radius 3 is 1.59 bits per heavy atom. The maximum Gasteiger partial charge on any atom is 0.108 e. The molecule has 3 rings (SSSR count). The first-order valence-electron chi connectivity index (χ1n) is 6.67. The quantitative estimate of drug-likeness (QED) is 0.588. The Morgan fingerprint density at radius 2 is 1.14 bits per heavy atom. The highest BCUT2D eigenvalue weighted by molar-refractivity contribution is 9.08. The molecule has 3 aromatic rings. The van der Waals surface area contributed by atoms with Crippen LogP contribution in [0.3, 0.4) is 0 Å². The smallest absolute Gasteiger partial charge is 0.108 e. The van der Waals surface area contributed by atoms with Crippen molar-refractivity contribution in [2.75, 3.05) is 0 Å². The number of aromatic nitrogens is 4. The number of nitrogens with zero attached hydrogens (tertiary/aromatic N) is 4. The van der Waals surface area contributed by atoms with Gasteiger partial charge in [-0.2, -0.15) is 0 Å². The molecule has 0 saturated carbocycles. The van der Waals surface area contributed by atoms with Crippen LogP contribution >= 0.6 is 31.9 Å². The summed E-state index contributed by atoms with van der Waals surface area (Å²) in [5.74, 6) is 0. The SMILES string of the molecule is BrCc1cccc(-c2cncc(-c3cccc(CBr)n3)n2)n1. The summed E-state index contributed by atoms with van der Waals surface area (Å²) in [5.41, 5.74) is 5.02. The minimum atomic E-state index is 0.711. The Labute approximate surface area is 145 Å². The molecule has 6 heteroatoms. The van der Waals surface area contributed by atoms with Crippen molar-refractivity contribution in [1.82, 2.24) is 19.9 Å². The molecule has 0 aliphatic rings. The molecule has 0 spiro atoms. The van der Waals surface area contributed by atoms with Crippen LogP contribution in [0.1, 0.15) is 11.4 Å². The zero-order valence-electron chi connectivity index (χ0n) is 11.6. The van der Waals surface area contributed by atoms with Crippen molar-refractivity contribution in [3.8, 4) is 22.8 Å². The van der Waals surface area contributed by atoms with Gasteiger partial charge in [-0.3, -0.25) is 15.0 Å².